The lowest BCUT2D eigenvalue weighted by Crippen LogP contribution is -2.20. The summed E-state index contributed by atoms with van der Waals surface area (Å²) in [5.74, 6) is 0.484. The van der Waals surface area contributed by atoms with Crippen LogP contribution in [0.3, 0.4) is 0 Å². The SMILES string of the molecule is CC1CCCC(c2ncc(-c3nc(Nc4ccncc4)ncc3F)[nH]2)O1. The second-order valence-electron chi connectivity index (χ2n) is 6.30. The van der Waals surface area contributed by atoms with E-state index in [1.165, 1.54) is 0 Å². The summed E-state index contributed by atoms with van der Waals surface area (Å²) in [5.41, 5.74) is 1.44. The summed E-state index contributed by atoms with van der Waals surface area (Å²) in [6.07, 6.45) is 9.18. The molecule has 0 saturated carbocycles. The molecule has 4 heterocycles. The van der Waals surface area contributed by atoms with E-state index in [4.69, 9.17) is 4.74 Å². The van der Waals surface area contributed by atoms with E-state index in [1.54, 1.807) is 30.7 Å². The minimum atomic E-state index is -0.515. The highest BCUT2D eigenvalue weighted by molar-refractivity contribution is 5.58. The van der Waals surface area contributed by atoms with Crippen molar-refractivity contribution in [2.24, 2.45) is 0 Å². The number of hydrogen-bond acceptors (Lipinski definition) is 6. The van der Waals surface area contributed by atoms with Crippen molar-refractivity contribution >= 4 is 11.6 Å². The maximum absolute atomic E-state index is 14.3. The fourth-order valence-corrected chi connectivity index (χ4v) is 3.01. The Balaban J connectivity index is 1.58. The number of nitrogens with zero attached hydrogens (tertiary/aromatic N) is 4. The van der Waals surface area contributed by atoms with Crippen molar-refractivity contribution in [3.05, 3.63) is 48.6 Å². The number of rotatable bonds is 4. The van der Waals surface area contributed by atoms with Gasteiger partial charge in [0.25, 0.3) is 0 Å². The lowest BCUT2D eigenvalue weighted by Gasteiger charge is -2.26. The third-order valence-electron chi connectivity index (χ3n) is 4.31. The van der Waals surface area contributed by atoms with Gasteiger partial charge in [-0.3, -0.25) is 4.98 Å². The molecule has 1 saturated heterocycles. The van der Waals surface area contributed by atoms with E-state index in [-0.39, 0.29) is 17.9 Å². The van der Waals surface area contributed by atoms with Crippen LogP contribution < -0.4 is 5.32 Å². The van der Waals surface area contributed by atoms with Gasteiger partial charge in [-0.25, -0.2) is 19.3 Å². The molecular formula is C18H19FN6O. The third-order valence-corrected chi connectivity index (χ3v) is 4.31. The molecule has 2 atom stereocenters. The molecular weight excluding hydrogens is 335 g/mol. The van der Waals surface area contributed by atoms with Gasteiger partial charge < -0.3 is 15.0 Å². The Labute approximate surface area is 150 Å². The van der Waals surface area contributed by atoms with Crippen LogP contribution in [0.25, 0.3) is 11.4 Å². The summed E-state index contributed by atoms with van der Waals surface area (Å²) < 4.78 is 20.2. The van der Waals surface area contributed by atoms with Crippen LogP contribution in [0.15, 0.2) is 36.9 Å². The standard InChI is InChI=1S/C18H19FN6O/c1-11-3-2-4-15(26-11)17-21-10-14(24-17)16-13(19)9-22-18(25-16)23-12-5-7-20-8-6-12/h5-11,15H,2-4H2,1H3,(H,21,24)(H,20,22,23,25). The quantitative estimate of drug-likeness (QED) is 0.741. The van der Waals surface area contributed by atoms with Gasteiger partial charge >= 0.3 is 0 Å². The van der Waals surface area contributed by atoms with Crippen LogP contribution in [0, 0.1) is 5.82 Å². The Kier molecular flexibility index (Phi) is 4.57. The highest BCUT2D eigenvalue weighted by Crippen LogP contribution is 2.31. The maximum atomic E-state index is 14.3. The van der Waals surface area contributed by atoms with Gasteiger partial charge in [0, 0.05) is 18.1 Å². The van der Waals surface area contributed by atoms with Gasteiger partial charge in [0.1, 0.15) is 17.6 Å². The van der Waals surface area contributed by atoms with E-state index in [0.29, 0.717) is 17.5 Å². The molecule has 0 bridgehead atoms. The van der Waals surface area contributed by atoms with Gasteiger partial charge in [0.05, 0.1) is 24.2 Å². The maximum Gasteiger partial charge on any atom is 0.227 e. The van der Waals surface area contributed by atoms with Gasteiger partial charge in [-0.2, -0.15) is 0 Å². The molecule has 0 aromatic carbocycles. The van der Waals surface area contributed by atoms with Crippen molar-refractivity contribution in [1.29, 1.82) is 0 Å². The molecule has 8 heteroatoms. The molecule has 2 N–H and O–H groups in total. The minimum Gasteiger partial charge on any atom is -0.367 e. The van der Waals surface area contributed by atoms with Crippen molar-refractivity contribution in [2.75, 3.05) is 5.32 Å². The Bertz CT molecular complexity index is 884. The number of pyridine rings is 1. The van der Waals surface area contributed by atoms with Crippen molar-refractivity contribution < 1.29 is 9.13 Å². The minimum absolute atomic E-state index is 0.0909. The first-order chi connectivity index (χ1) is 12.7. The molecule has 26 heavy (non-hydrogen) atoms. The first-order valence-corrected chi connectivity index (χ1v) is 8.59. The van der Waals surface area contributed by atoms with Gasteiger partial charge in [-0.15, -0.1) is 0 Å². The first-order valence-electron chi connectivity index (χ1n) is 8.59. The van der Waals surface area contributed by atoms with Crippen molar-refractivity contribution in [1.82, 2.24) is 24.9 Å². The number of imidazole rings is 1. The summed E-state index contributed by atoms with van der Waals surface area (Å²) in [6, 6.07) is 3.56. The summed E-state index contributed by atoms with van der Waals surface area (Å²) in [5, 5.41) is 3.03. The Hall–Kier alpha value is -2.87. The number of anilines is 2. The lowest BCUT2D eigenvalue weighted by atomic mass is 10.0. The smallest absolute Gasteiger partial charge is 0.227 e. The number of aromatic nitrogens is 5. The number of H-pyrrole nitrogens is 1. The number of halogens is 1. The van der Waals surface area contributed by atoms with Gasteiger partial charge in [-0.05, 0) is 38.3 Å². The number of ether oxygens (including phenoxy) is 1. The van der Waals surface area contributed by atoms with E-state index in [1.807, 2.05) is 0 Å². The summed E-state index contributed by atoms with van der Waals surface area (Å²) in [7, 11) is 0. The largest absolute Gasteiger partial charge is 0.367 e. The number of aromatic amines is 1. The van der Waals surface area contributed by atoms with Crippen molar-refractivity contribution in [3.8, 4) is 11.4 Å². The monoisotopic (exact) mass is 354 g/mol. The van der Waals surface area contributed by atoms with Crippen molar-refractivity contribution in [2.45, 2.75) is 38.4 Å². The number of hydrogen-bond donors (Lipinski definition) is 2. The van der Waals surface area contributed by atoms with E-state index in [9.17, 15) is 4.39 Å². The molecule has 7 nitrogen and oxygen atoms in total. The fraction of sp³-hybridized carbons (Fsp3) is 0.333. The van der Waals surface area contributed by atoms with E-state index < -0.39 is 5.82 Å². The molecule has 0 aliphatic carbocycles. The van der Waals surface area contributed by atoms with Crippen molar-refractivity contribution in [3.63, 3.8) is 0 Å². The predicted octanol–water partition coefficient (Wildman–Crippen LogP) is 3.77. The zero-order valence-electron chi connectivity index (χ0n) is 14.3. The van der Waals surface area contributed by atoms with E-state index >= 15 is 0 Å². The Morgan fingerprint density at radius 3 is 2.85 bits per heavy atom. The summed E-state index contributed by atoms with van der Waals surface area (Å²) in [4.78, 5) is 19.7. The fourth-order valence-electron chi connectivity index (χ4n) is 3.01. The van der Waals surface area contributed by atoms with Crippen LogP contribution in [0.4, 0.5) is 16.0 Å². The second kappa shape index (κ2) is 7.17. The van der Waals surface area contributed by atoms with E-state index in [2.05, 4.69) is 37.2 Å². The second-order valence-corrected chi connectivity index (χ2v) is 6.30. The van der Waals surface area contributed by atoms with Crippen LogP contribution in [-0.2, 0) is 4.74 Å². The molecule has 134 valence electrons. The molecule has 1 aliphatic heterocycles. The van der Waals surface area contributed by atoms with Crippen LogP contribution in [0.5, 0.6) is 0 Å². The normalized spacial score (nSPS) is 20.1. The zero-order chi connectivity index (χ0) is 17.9. The average Bonchev–Trinajstić information content (AvgIpc) is 3.14. The highest BCUT2D eigenvalue weighted by Gasteiger charge is 2.24. The Morgan fingerprint density at radius 2 is 2.04 bits per heavy atom. The molecule has 2 unspecified atom stereocenters. The van der Waals surface area contributed by atoms with Gasteiger partial charge in [0.2, 0.25) is 5.95 Å². The third kappa shape index (κ3) is 3.55. The van der Waals surface area contributed by atoms with Crippen LogP contribution in [0.2, 0.25) is 0 Å². The van der Waals surface area contributed by atoms with Gasteiger partial charge in [0.15, 0.2) is 5.82 Å². The molecule has 0 radical (unpaired) electrons. The highest BCUT2D eigenvalue weighted by atomic mass is 19.1. The Morgan fingerprint density at radius 1 is 1.19 bits per heavy atom. The molecule has 1 fully saturated rings. The molecule has 0 spiro atoms. The molecule has 4 rings (SSSR count). The van der Waals surface area contributed by atoms with Crippen LogP contribution in [-0.4, -0.2) is 31.0 Å². The molecule has 1 aliphatic rings. The average molecular weight is 354 g/mol. The zero-order valence-corrected chi connectivity index (χ0v) is 14.3. The predicted molar refractivity (Wildman–Crippen MR) is 94.2 cm³/mol. The first kappa shape index (κ1) is 16.6. The number of nitrogens with one attached hydrogen (secondary N) is 2. The van der Waals surface area contributed by atoms with Gasteiger partial charge in [-0.1, -0.05) is 0 Å². The summed E-state index contributed by atoms with van der Waals surface area (Å²) >= 11 is 0. The molecule has 3 aromatic rings. The van der Waals surface area contributed by atoms with E-state index in [0.717, 1.165) is 31.1 Å². The molecule has 0 amide bonds. The van der Waals surface area contributed by atoms with Crippen LogP contribution >= 0.6 is 0 Å². The molecule has 3 aromatic heterocycles. The topological polar surface area (TPSA) is 88.6 Å². The van der Waals surface area contributed by atoms with Crippen LogP contribution in [0.1, 0.15) is 38.1 Å². The lowest BCUT2D eigenvalue weighted by molar-refractivity contribution is -0.0454. The summed E-state index contributed by atoms with van der Waals surface area (Å²) in [6.45, 7) is 2.05.